The van der Waals surface area contributed by atoms with Crippen LogP contribution in [0.25, 0.3) is 0 Å². The van der Waals surface area contributed by atoms with Crippen molar-refractivity contribution in [3.8, 4) is 0 Å². The zero-order valence-corrected chi connectivity index (χ0v) is 9.88. The van der Waals surface area contributed by atoms with Gasteiger partial charge in [-0.25, -0.2) is 0 Å². The van der Waals surface area contributed by atoms with Crippen molar-refractivity contribution in [1.82, 2.24) is 0 Å². The maximum atomic E-state index is 2.25. The van der Waals surface area contributed by atoms with Crippen LogP contribution in [0.3, 0.4) is 0 Å². The van der Waals surface area contributed by atoms with Gasteiger partial charge in [-0.2, -0.15) is 0 Å². The van der Waals surface area contributed by atoms with Gasteiger partial charge in [0, 0.05) is 0 Å². The van der Waals surface area contributed by atoms with Gasteiger partial charge >= 0.3 is 60.3 Å². The summed E-state index contributed by atoms with van der Waals surface area (Å²) in [6, 6.07) is 2.21. The first-order chi connectivity index (χ1) is 3.30. The van der Waals surface area contributed by atoms with Crippen LogP contribution in [0.1, 0.15) is 5.56 Å². The Kier molecular flexibility index (Phi) is 8.57. The maximum absolute atomic E-state index is 2.25. The van der Waals surface area contributed by atoms with Crippen molar-refractivity contribution < 1.29 is 49.5 Å². The number of rotatable bonds is 0. The Hall–Kier alpha value is 1.24. The number of halogens is 2. The summed E-state index contributed by atoms with van der Waals surface area (Å²) >= 11 is 1.59. The van der Waals surface area contributed by atoms with E-state index in [1.54, 1.807) is 27.7 Å². The average Bonchev–Trinajstić information content (AvgIpc) is 1.91. The van der Waals surface area contributed by atoms with E-state index in [2.05, 4.69) is 18.8 Å². The van der Waals surface area contributed by atoms with Gasteiger partial charge in [-0.15, -0.1) is 0 Å². The summed E-state index contributed by atoms with van der Waals surface area (Å²) in [5, 5.41) is 0. The molecule has 4 heteroatoms. The average molecular weight is 259 g/mol. The molecule has 0 nitrogen and oxygen atoms in total. The molecular weight excluding hydrogens is 253 g/mol. The second-order valence-corrected chi connectivity index (χ2v) is 5.12. The van der Waals surface area contributed by atoms with Gasteiger partial charge in [0.1, 0.15) is 0 Å². The van der Waals surface area contributed by atoms with Crippen molar-refractivity contribution in [3.63, 3.8) is 0 Å². The molecule has 0 fully saturated rings. The van der Waals surface area contributed by atoms with Gasteiger partial charge < -0.3 is 24.8 Å². The van der Waals surface area contributed by atoms with Gasteiger partial charge in [-0.3, -0.25) is 0 Å². The van der Waals surface area contributed by atoms with Gasteiger partial charge in [0.15, 0.2) is 0 Å². The van der Waals surface area contributed by atoms with E-state index in [0.29, 0.717) is 0 Å². The van der Waals surface area contributed by atoms with Gasteiger partial charge in [-0.1, -0.05) is 0 Å². The molecule has 0 aliphatic heterocycles. The van der Waals surface area contributed by atoms with E-state index in [1.807, 2.05) is 0 Å². The summed E-state index contributed by atoms with van der Waals surface area (Å²) in [6.45, 7) is 2.18. The minimum atomic E-state index is 0. The molecule has 0 N–H and O–H groups in total. The Bertz CT molecular complexity index is 147. The van der Waals surface area contributed by atoms with Crippen LogP contribution in [-0.2, 0) is 24.7 Å². The Morgan fingerprint density at radius 1 is 1.44 bits per heavy atom. The van der Waals surface area contributed by atoms with Crippen LogP contribution in [0, 0.1) is 6.92 Å². The summed E-state index contributed by atoms with van der Waals surface area (Å²) in [7, 11) is 1.00. The normalized spacial score (nSPS) is 8.33. The maximum Gasteiger partial charge on any atom is -1.00 e. The van der Waals surface area contributed by atoms with E-state index in [0.717, 1.165) is 8.19 Å². The van der Waals surface area contributed by atoms with Crippen molar-refractivity contribution in [1.29, 1.82) is 0 Å². The Labute approximate surface area is 84.6 Å². The summed E-state index contributed by atoms with van der Waals surface area (Å²) in [5.41, 5.74) is 1.50. The van der Waals surface area contributed by atoms with Crippen molar-refractivity contribution in [3.05, 3.63) is 17.4 Å². The monoisotopic (exact) mass is 257 g/mol. The van der Waals surface area contributed by atoms with Gasteiger partial charge in [0.05, 0.1) is 0 Å². The fraction of sp³-hybridized carbons (Fsp3) is 0.200. The molecule has 0 amide bonds. The standard InChI is InChI=1S/C5H6P.2ClH.Zr/c1-5-2-3-6-4-5;;;/h2-3,6H,1H3;2*1H;/q;;;+2/p-2. The molecule has 0 spiro atoms. The second-order valence-electron chi connectivity index (χ2n) is 1.54. The molecule has 49 valence electrons. The van der Waals surface area contributed by atoms with E-state index in [-0.39, 0.29) is 24.8 Å². The molecule has 1 aromatic heterocycles. The molecule has 0 aliphatic carbocycles. The Balaban J connectivity index is 0. The summed E-state index contributed by atoms with van der Waals surface area (Å²) in [4.78, 5) is 0. The molecule has 1 rings (SSSR count). The van der Waals surface area contributed by atoms with Crippen LogP contribution < -0.4 is 27.8 Å². The molecule has 0 radical (unpaired) electrons. The van der Waals surface area contributed by atoms with Gasteiger partial charge in [0.2, 0.25) is 0 Å². The number of aryl methyl sites for hydroxylation is 1. The molecule has 9 heavy (non-hydrogen) atoms. The van der Waals surface area contributed by atoms with E-state index >= 15 is 0 Å². The number of hydrogen-bond donors (Lipinski definition) is 0. The Morgan fingerprint density at radius 3 is 2.11 bits per heavy atom. The minimum Gasteiger partial charge on any atom is -1.00 e. The van der Waals surface area contributed by atoms with Crippen molar-refractivity contribution in [2.75, 3.05) is 0 Å². The molecule has 0 aliphatic rings. The molecule has 1 atom stereocenters. The van der Waals surface area contributed by atoms with E-state index in [9.17, 15) is 0 Å². The molecule has 0 bridgehead atoms. The zero-order chi connectivity index (χ0) is 5.28. The van der Waals surface area contributed by atoms with Crippen LogP contribution in [0.5, 0.6) is 0 Å². The predicted octanol–water partition coefficient (Wildman–Crippen LogP) is -4.79. The van der Waals surface area contributed by atoms with E-state index < -0.39 is 0 Å². The molecule has 1 heterocycles. The third-order valence-corrected chi connectivity index (χ3v) is 4.01. The van der Waals surface area contributed by atoms with Gasteiger partial charge in [-0.05, 0) is 0 Å². The quantitative estimate of drug-likeness (QED) is 0.439. The third-order valence-electron chi connectivity index (χ3n) is 0.955. The smallest absolute Gasteiger partial charge is 1.00 e. The Morgan fingerprint density at radius 2 is 2.00 bits per heavy atom. The molecular formula is C5H6Cl2PZr. The minimum absolute atomic E-state index is 0. The summed E-state index contributed by atoms with van der Waals surface area (Å²) < 4.78 is 1.63. The first-order valence-corrected chi connectivity index (χ1v) is 4.47. The van der Waals surface area contributed by atoms with Crippen LogP contribution in [-0.4, -0.2) is 0 Å². The largest absolute Gasteiger partial charge is 1.00 e. The molecule has 0 saturated heterocycles. The van der Waals surface area contributed by atoms with Gasteiger partial charge in [0.25, 0.3) is 0 Å². The summed E-state index contributed by atoms with van der Waals surface area (Å²) in [5.74, 6) is 2.25. The van der Waals surface area contributed by atoms with Crippen LogP contribution >= 0.6 is 8.19 Å². The topological polar surface area (TPSA) is 0 Å². The molecule has 0 aromatic carbocycles. The first-order valence-electron chi connectivity index (χ1n) is 2.16. The summed E-state index contributed by atoms with van der Waals surface area (Å²) in [6.07, 6.45) is 0. The fourth-order valence-electron chi connectivity index (χ4n) is 0.447. The van der Waals surface area contributed by atoms with Crippen molar-refractivity contribution in [2.24, 2.45) is 0 Å². The third kappa shape index (κ3) is 3.84. The SMILES string of the molecule is Cc1cc[pH][c]1[Zr+2].[Cl-].[Cl-]. The predicted molar refractivity (Wildman–Crippen MR) is 30.3 cm³/mol. The molecule has 0 saturated carbocycles. The fourth-order valence-corrected chi connectivity index (χ4v) is 2.08. The molecule has 1 aromatic rings. The van der Waals surface area contributed by atoms with Crippen LogP contribution in [0.4, 0.5) is 0 Å². The van der Waals surface area contributed by atoms with Crippen molar-refractivity contribution >= 4 is 11.2 Å². The van der Waals surface area contributed by atoms with E-state index in [4.69, 9.17) is 0 Å². The number of hydrogen-bond acceptors (Lipinski definition) is 0. The van der Waals surface area contributed by atoms with Crippen molar-refractivity contribution in [2.45, 2.75) is 6.92 Å². The second kappa shape index (κ2) is 5.99. The van der Waals surface area contributed by atoms with Crippen LogP contribution in [0.15, 0.2) is 11.9 Å². The zero-order valence-electron chi connectivity index (χ0n) is 4.91. The molecule has 1 unspecified atom stereocenters. The first kappa shape index (κ1) is 12.9. The van der Waals surface area contributed by atoms with Crippen LogP contribution in [0.2, 0.25) is 0 Å². The van der Waals surface area contributed by atoms with E-state index in [1.165, 1.54) is 5.56 Å².